The molecule has 2 aromatic carbocycles. The summed E-state index contributed by atoms with van der Waals surface area (Å²) in [6, 6.07) is 17.9. The minimum Gasteiger partial charge on any atom is -0.492 e. The van der Waals surface area contributed by atoms with E-state index in [2.05, 4.69) is 5.10 Å². The summed E-state index contributed by atoms with van der Waals surface area (Å²) in [6.07, 6.45) is 3.84. The van der Waals surface area contributed by atoms with Crippen LogP contribution in [-0.2, 0) is 0 Å². The molecule has 0 aliphatic heterocycles. The van der Waals surface area contributed by atoms with Crippen molar-refractivity contribution < 1.29 is 4.74 Å². The maximum absolute atomic E-state index is 5.69. The zero-order valence-electron chi connectivity index (χ0n) is 11.6. The Balaban J connectivity index is 1.93. The van der Waals surface area contributed by atoms with E-state index in [0.717, 1.165) is 22.6 Å². The predicted molar refractivity (Wildman–Crippen MR) is 83.5 cm³/mol. The molecule has 0 spiro atoms. The second kappa shape index (κ2) is 6.24. The van der Waals surface area contributed by atoms with E-state index in [1.165, 1.54) is 0 Å². The Bertz CT molecular complexity index is 707. The van der Waals surface area contributed by atoms with Crippen molar-refractivity contribution >= 4 is 0 Å². The number of benzene rings is 2. The van der Waals surface area contributed by atoms with Crippen LogP contribution in [-0.4, -0.2) is 22.9 Å². The Kier molecular flexibility index (Phi) is 3.98. The van der Waals surface area contributed by atoms with Crippen LogP contribution >= 0.6 is 0 Å². The number of aromatic nitrogens is 2. The molecular formula is C17H17N3O. The highest BCUT2D eigenvalue weighted by molar-refractivity contribution is 5.69. The summed E-state index contributed by atoms with van der Waals surface area (Å²) >= 11 is 0. The second-order valence-corrected chi connectivity index (χ2v) is 4.64. The molecule has 0 unspecified atom stereocenters. The summed E-state index contributed by atoms with van der Waals surface area (Å²) < 4.78 is 7.55. The van der Waals surface area contributed by atoms with Crippen LogP contribution in [0, 0.1) is 0 Å². The minimum atomic E-state index is 0.498. The van der Waals surface area contributed by atoms with E-state index >= 15 is 0 Å². The number of ether oxygens (including phenoxy) is 1. The second-order valence-electron chi connectivity index (χ2n) is 4.64. The number of hydrogen-bond donors (Lipinski definition) is 1. The summed E-state index contributed by atoms with van der Waals surface area (Å²) in [5.74, 6) is 0.829. The number of hydrogen-bond acceptors (Lipinski definition) is 3. The van der Waals surface area contributed by atoms with Crippen molar-refractivity contribution in [3.63, 3.8) is 0 Å². The first-order chi connectivity index (χ1) is 10.4. The van der Waals surface area contributed by atoms with Gasteiger partial charge in [0.15, 0.2) is 0 Å². The van der Waals surface area contributed by atoms with E-state index in [0.29, 0.717) is 13.2 Å². The molecule has 4 nitrogen and oxygen atoms in total. The molecule has 0 aliphatic carbocycles. The fourth-order valence-electron chi connectivity index (χ4n) is 2.18. The summed E-state index contributed by atoms with van der Waals surface area (Å²) in [7, 11) is 0. The van der Waals surface area contributed by atoms with Crippen LogP contribution in [0.4, 0.5) is 0 Å². The summed E-state index contributed by atoms with van der Waals surface area (Å²) in [5.41, 5.74) is 8.58. The van der Waals surface area contributed by atoms with Gasteiger partial charge in [0.05, 0.1) is 11.9 Å². The monoisotopic (exact) mass is 279 g/mol. The Morgan fingerprint density at radius 2 is 1.76 bits per heavy atom. The van der Waals surface area contributed by atoms with E-state index in [-0.39, 0.29) is 0 Å². The highest BCUT2D eigenvalue weighted by Crippen LogP contribution is 2.29. The molecule has 106 valence electrons. The van der Waals surface area contributed by atoms with Crippen LogP contribution < -0.4 is 10.5 Å². The molecule has 0 aliphatic rings. The van der Waals surface area contributed by atoms with Crippen LogP contribution in [0.2, 0.25) is 0 Å². The number of rotatable bonds is 5. The Labute approximate surface area is 123 Å². The molecule has 3 aromatic rings. The third-order valence-corrected chi connectivity index (χ3v) is 3.18. The molecule has 3 rings (SSSR count). The Hall–Kier alpha value is -2.59. The first kappa shape index (κ1) is 13.4. The standard InChI is InChI=1S/C17H17N3O/c18-10-11-21-17-9-5-4-8-16(17)14-12-19-20(13-14)15-6-2-1-3-7-15/h1-9,12-13H,10-11,18H2. The van der Waals surface area contributed by atoms with Crippen LogP contribution in [0.3, 0.4) is 0 Å². The van der Waals surface area contributed by atoms with E-state index in [1.807, 2.05) is 71.7 Å². The lowest BCUT2D eigenvalue weighted by Crippen LogP contribution is -2.10. The quantitative estimate of drug-likeness (QED) is 0.781. The van der Waals surface area contributed by atoms with Crippen molar-refractivity contribution in [1.29, 1.82) is 0 Å². The third kappa shape index (κ3) is 2.95. The molecule has 0 fully saturated rings. The molecule has 0 saturated heterocycles. The van der Waals surface area contributed by atoms with Crippen molar-refractivity contribution in [3.8, 4) is 22.6 Å². The highest BCUT2D eigenvalue weighted by Gasteiger charge is 2.08. The SMILES string of the molecule is NCCOc1ccccc1-c1cnn(-c2ccccc2)c1. The van der Waals surface area contributed by atoms with Gasteiger partial charge in [0.25, 0.3) is 0 Å². The maximum Gasteiger partial charge on any atom is 0.127 e. The minimum absolute atomic E-state index is 0.498. The smallest absolute Gasteiger partial charge is 0.127 e. The summed E-state index contributed by atoms with van der Waals surface area (Å²) in [5, 5.41) is 4.42. The molecule has 0 amide bonds. The molecule has 0 atom stereocenters. The van der Waals surface area contributed by atoms with E-state index in [1.54, 1.807) is 0 Å². The van der Waals surface area contributed by atoms with Gasteiger partial charge < -0.3 is 10.5 Å². The van der Waals surface area contributed by atoms with Gasteiger partial charge in [-0.1, -0.05) is 36.4 Å². The number of nitrogens with two attached hydrogens (primary N) is 1. The van der Waals surface area contributed by atoms with Crippen molar-refractivity contribution in [2.45, 2.75) is 0 Å². The van der Waals surface area contributed by atoms with E-state index in [4.69, 9.17) is 10.5 Å². The molecule has 21 heavy (non-hydrogen) atoms. The summed E-state index contributed by atoms with van der Waals surface area (Å²) in [4.78, 5) is 0. The Morgan fingerprint density at radius 1 is 1.00 bits per heavy atom. The lowest BCUT2D eigenvalue weighted by atomic mass is 10.1. The lowest BCUT2D eigenvalue weighted by Gasteiger charge is -2.09. The molecular weight excluding hydrogens is 262 g/mol. The average Bonchev–Trinajstić information content (AvgIpc) is 3.04. The van der Waals surface area contributed by atoms with Gasteiger partial charge in [0, 0.05) is 23.9 Å². The van der Waals surface area contributed by atoms with Gasteiger partial charge in [-0.2, -0.15) is 5.10 Å². The number of nitrogens with zero attached hydrogens (tertiary/aromatic N) is 2. The van der Waals surface area contributed by atoms with E-state index < -0.39 is 0 Å². The van der Waals surface area contributed by atoms with Crippen LogP contribution in [0.15, 0.2) is 67.0 Å². The Morgan fingerprint density at radius 3 is 2.57 bits per heavy atom. The zero-order valence-corrected chi connectivity index (χ0v) is 11.6. The highest BCUT2D eigenvalue weighted by atomic mass is 16.5. The van der Waals surface area contributed by atoms with Crippen LogP contribution in [0.25, 0.3) is 16.8 Å². The molecule has 0 radical (unpaired) electrons. The van der Waals surface area contributed by atoms with Crippen molar-refractivity contribution in [3.05, 3.63) is 67.0 Å². The average molecular weight is 279 g/mol. The van der Waals surface area contributed by atoms with Crippen LogP contribution in [0.5, 0.6) is 5.75 Å². The predicted octanol–water partition coefficient (Wildman–Crippen LogP) is 2.88. The largest absolute Gasteiger partial charge is 0.492 e. The number of para-hydroxylation sites is 2. The molecule has 0 saturated carbocycles. The normalized spacial score (nSPS) is 10.5. The van der Waals surface area contributed by atoms with Gasteiger partial charge in [0.1, 0.15) is 12.4 Å². The molecule has 1 aromatic heterocycles. The van der Waals surface area contributed by atoms with Crippen LogP contribution in [0.1, 0.15) is 0 Å². The first-order valence-corrected chi connectivity index (χ1v) is 6.91. The van der Waals surface area contributed by atoms with Crippen molar-refractivity contribution in [2.75, 3.05) is 13.2 Å². The van der Waals surface area contributed by atoms with Gasteiger partial charge in [-0.3, -0.25) is 0 Å². The maximum atomic E-state index is 5.69. The summed E-state index contributed by atoms with van der Waals surface area (Å²) in [6.45, 7) is 1.00. The lowest BCUT2D eigenvalue weighted by molar-refractivity contribution is 0.329. The molecule has 2 N–H and O–H groups in total. The third-order valence-electron chi connectivity index (χ3n) is 3.18. The molecule has 4 heteroatoms. The van der Waals surface area contributed by atoms with Gasteiger partial charge in [0.2, 0.25) is 0 Å². The van der Waals surface area contributed by atoms with Gasteiger partial charge in [-0.05, 0) is 18.2 Å². The topological polar surface area (TPSA) is 53.1 Å². The van der Waals surface area contributed by atoms with Gasteiger partial charge in [-0.15, -0.1) is 0 Å². The van der Waals surface area contributed by atoms with E-state index in [9.17, 15) is 0 Å². The van der Waals surface area contributed by atoms with Crippen molar-refractivity contribution in [2.24, 2.45) is 5.73 Å². The zero-order chi connectivity index (χ0) is 14.5. The molecule has 1 heterocycles. The first-order valence-electron chi connectivity index (χ1n) is 6.91. The fraction of sp³-hybridized carbons (Fsp3) is 0.118. The van der Waals surface area contributed by atoms with Gasteiger partial charge >= 0.3 is 0 Å². The molecule has 0 bridgehead atoms. The fourth-order valence-corrected chi connectivity index (χ4v) is 2.18. The van der Waals surface area contributed by atoms with Gasteiger partial charge in [-0.25, -0.2) is 4.68 Å². The van der Waals surface area contributed by atoms with Crippen molar-refractivity contribution in [1.82, 2.24) is 9.78 Å².